The predicted octanol–water partition coefficient (Wildman–Crippen LogP) is 2.29. The molecule has 4 nitrogen and oxygen atoms in total. The number of hydrogen-bond donors (Lipinski definition) is 1. The Kier molecular flexibility index (Phi) is 2.72. The summed E-state index contributed by atoms with van der Waals surface area (Å²) in [5, 5.41) is 4.94. The van der Waals surface area contributed by atoms with Crippen LogP contribution in [-0.2, 0) is 4.79 Å². The highest BCUT2D eigenvalue weighted by Gasteiger charge is 2.05. The summed E-state index contributed by atoms with van der Waals surface area (Å²) in [5.74, 6) is 0.463. The maximum Gasteiger partial charge on any atom is 0.236 e. The molecule has 0 atom stereocenters. The van der Waals surface area contributed by atoms with Crippen LogP contribution < -0.4 is 5.43 Å². The molecule has 1 aromatic carbocycles. The smallest absolute Gasteiger partial charge is 0.236 e. The normalized spacial score (nSPS) is 11.8. The van der Waals surface area contributed by atoms with E-state index in [1.807, 2.05) is 30.3 Å². The number of para-hydroxylation sites is 1. The van der Waals surface area contributed by atoms with Gasteiger partial charge in [-0.2, -0.15) is 5.10 Å². The van der Waals surface area contributed by atoms with Gasteiger partial charge in [0.2, 0.25) is 5.91 Å². The van der Waals surface area contributed by atoms with E-state index in [-0.39, 0.29) is 5.91 Å². The fourth-order valence-electron chi connectivity index (χ4n) is 1.38. The fourth-order valence-corrected chi connectivity index (χ4v) is 1.38. The van der Waals surface area contributed by atoms with Gasteiger partial charge in [-0.1, -0.05) is 18.2 Å². The summed E-state index contributed by atoms with van der Waals surface area (Å²) >= 11 is 0. The molecule has 1 amide bonds. The van der Waals surface area contributed by atoms with E-state index < -0.39 is 0 Å². The van der Waals surface area contributed by atoms with Gasteiger partial charge in [-0.05, 0) is 19.1 Å². The van der Waals surface area contributed by atoms with Gasteiger partial charge in [0.15, 0.2) is 5.76 Å². The van der Waals surface area contributed by atoms with E-state index in [2.05, 4.69) is 10.5 Å². The second kappa shape index (κ2) is 4.18. The first-order chi connectivity index (χ1) is 7.66. The average molecular weight is 216 g/mol. The zero-order valence-electron chi connectivity index (χ0n) is 9.15. The molecule has 16 heavy (non-hydrogen) atoms. The van der Waals surface area contributed by atoms with Gasteiger partial charge in [0.05, 0.1) is 0 Å². The van der Waals surface area contributed by atoms with E-state index in [1.54, 1.807) is 6.92 Å². The lowest BCUT2D eigenvalue weighted by Crippen LogP contribution is -2.14. The van der Waals surface area contributed by atoms with Gasteiger partial charge in [-0.3, -0.25) is 4.79 Å². The summed E-state index contributed by atoms with van der Waals surface area (Å²) < 4.78 is 5.58. The molecule has 0 aliphatic rings. The van der Waals surface area contributed by atoms with E-state index in [9.17, 15) is 4.79 Å². The van der Waals surface area contributed by atoms with E-state index in [0.29, 0.717) is 11.5 Å². The summed E-state index contributed by atoms with van der Waals surface area (Å²) in [6.07, 6.45) is 0. The van der Waals surface area contributed by atoms with Crippen LogP contribution in [0, 0.1) is 0 Å². The van der Waals surface area contributed by atoms with Crippen molar-refractivity contribution in [1.29, 1.82) is 0 Å². The summed E-state index contributed by atoms with van der Waals surface area (Å²) in [4.78, 5) is 10.7. The van der Waals surface area contributed by atoms with Crippen molar-refractivity contribution in [2.45, 2.75) is 13.8 Å². The Hall–Kier alpha value is -2.10. The molecule has 0 unspecified atom stereocenters. The average Bonchev–Trinajstić information content (AvgIpc) is 2.69. The number of amides is 1. The SMILES string of the molecule is CC(=O)NN=C(C)c1cc2ccccc2o1. The Bertz CT molecular complexity index is 522. The molecule has 0 saturated heterocycles. The van der Waals surface area contributed by atoms with E-state index in [1.165, 1.54) is 6.92 Å². The third-order valence-corrected chi connectivity index (χ3v) is 2.16. The lowest BCUT2D eigenvalue weighted by Gasteiger charge is -1.95. The number of hydrazone groups is 1. The van der Waals surface area contributed by atoms with Crippen LogP contribution in [0.3, 0.4) is 0 Å². The van der Waals surface area contributed by atoms with E-state index in [4.69, 9.17) is 4.42 Å². The first kappa shape index (κ1) is 10.4. The molecule has 2 rings (SSSR count). The number of nitrogens with one attached hydrogen (secondary N) is 1. The van der Waals surface area contributed by atoms with Crippen LogP contribution in [-0.4, -0.2) is 11.6 Å². The Balaban J connectivity index is 2.33. The standard InChI is InChI=1S/C12H12N2O2/c1-8(13-14-9(2)15)12-7-10-5-3-4-6-11(10)16-12/h3-7H,1-2H3,(H,14,15). The molecule has 0 bridgehead atoms. The van der Waals surface area contributed by atoms with E-state index >= 15 is 0 Å². The maximum atomic E-state index is 10.7. The van der Waals surface area contributed by atoms with Gasteiger partial charge in [-0.25, -0.2) is 5.43 Å². The summed E-state index contributed by atoms with van der Waals surface area (Å²) in [7, 11) is 0. The zero-order chi connectivity index (χ0) is 11.5. The van der Waals surface area contributed by atoms with Crippen molar-refractivity contribution < 1.29 is 9.21 Å². The fraction of sp³-hybridized carbons (Fsp3) is 0.167. The zero-order valence-corrected chi connectivity index (χ0v) is 9.15. The van der Waals surface area contributed by atoms with Crippen molar-refractivity contribution in [3.05, 3.63) is 36.1 Å². The molecule has 0 fully saturated rings. The molecule has 1 heterocycles. The van der Waals surface area contributed by atoms with Crippen LogP contribution >= 0.6 is 0 Å². The molecule has 1 N–H and O–H groups in total. The minimum atomic E-state index is -0.199. The Morgan fingerprint density at radius 1 is 1.31 bits per heavy atom. The van der Waals surface area contributed by atoms with Gasteiger partial charge in [0, 0.05) is 12.3 Å². The minimum Gasteiger partial charge on any atom is -0.455 e. The van der Waals surface area contributed by atoms with Gasteiger partial charge in [0.25, 0.3) is 0 Å². The van der Waals surface area contributed by atoms with Crippen LogP contribution in [0.15, 0.2) is 39.9 Å². The topological polar surface area (TPSA) is 54.6 Å². The van der Waals surface area contributed by atoms with Crippen LogP contribution in [0.5, 0.6) is 0 Å². The van der Waals surface area contributed by atoms with Gasteiger partial charge >= 0.3 is 0 Å². The number of furan rings is 1. The van der Waals surface area contributed by atoms with Crippen molar-refractivity contribution in [2.75, 3.05) is 0 Å². The highest BCUT2D eigenvalue weighted by Crippen LogP contribution is 2.19. The van der Waals surface area contributed by atoms with Crippen molar-refractivity contribution in [3.63, 3.8) is 0 Å². The summed E-state index contributed by atoms with van der Waals surface area (Å²) in [6.45, 7) is 3.20. The largest absolute Gasteiger partial charge is 0.455 e. The lowest BCUT2D eigenvalue weighted by atomic mass is 10.2. The van der Waals surface area contributed by atoms with Crippen LogP contribution in [0.2, 0.25) is 0 Å². The van der Waals surface area contributed by atoms with Crippen molar-refractivity contribution in [3.8, 4) is 0 Å². The third-order valence-electron chi connectivity index (χ3n) is 2.16. The molecule has 82 valence electrons. The number of benzene rings is 1. The second-order valence-corrected chi connectivity index (χ2v) is 3.51. The number of rotatable bonds is 2. The molecule has 2 aromatic rings. The highest BCUT2D eigenvalue weighted by molar-refractivity contribution is 6.00. The highest BCUT2D eigenvalue weighted by atomic mass is 16.3. The molecular formula is C12H12N2O2. The van der Waals surface area contributed by atoms with Crippen molar-refractivity contribution in [2.24, 2.45) is 5.10 Å². The third kappa shape index (κ3) is 2.11. The lowest BCUT2D eigenvalue weighted by molar-refractivity contribution is -0.118. The molecule has 4 heteroatoms. The number of hydrogen-bond acceptors (Lipinski definition) is 3. The van der Waals surface area contributed by atoms with Crippen molar-refractivity contribution >= 4 is 22.6 Å². The number of carbonyl (C=O) groups is 1. The van der Waals surface area contributed by atoms with Crippen molar-refractivity contribution in [1.82, 2.24) is 5.43 Å². The first-order valence-electron chi connectivity index (χ1n) is 4.96. The first-order valence-corrected chi connectivity index (χ1v) is 4.96. The Labute approximate surface area is 92.9 Å². The minimum absolute atomic E-state index is 0.199. The molecule has 0 radical (unpaired) electrons. The van der Waals surface area contributed by atoms with Gasteiger partial charge in [0.1, 0.15) is 11.3 Å². The Morgan fingerprint density at radius 3 is 2.75 bits per heavy atom. The molecule has 0 aliphatic heterocycles. The van der Waals surface area contributed by atoms with Gasteiger partial charge in [-0.15, -0.1) is 0 Å². The van der Waals surface area contributed by atoms with Crippen LogP contribution in [0.4, 0.5) is 0 Å². The number of carbonyl (C=O) groups excluding carboxylic acids is 1. The summed E-state index contributed by atoms with van der Waals surface area (Å²) in [6, 6.07) is 9.62. The van der Waals surface area contributed by atoms with Crippen LogP contribution in [0.1, 0.15) is 19.6 Å². The molecule has 0 saturated carbocycles. The number of fused-ring (bicyclic) bond motifs is 1. The van der Waals surface area contributed by atoms with E-state index in [0.717, 1.165) is 11.0 Å². The Morgan fingerprint density at radius 2 is 2.06 bits per heavy atom. The maximum absolute atomic E-state index is 10.7. The molecule has 0 aliphatic carbocycles. The quantitative estimate of drug-likeness (QED) is 0.618. The van der Waals surface area contributed by atoms with Crippen LogP contribution in [0.25, 0.3) is 11.0 Å². The monoisotopic (exact) mass is 216 g/mol. The molecule has 0 spiro atoms. The molecular weight excluding hydrogens is 204 g/mol. The molecule has 1 aromatic heterocycles. The predicted molar refractivity (Wildman–Crippen MR) is 62.2 cm³/mol. The van der Waals surface area contributed by atoms with Gasteiger partial charge < -0.3 is 4.42 Å². The summed E-state index contributed by atoms with van der Waals surface area (Å²) in [5.41, 5.74) is 3.84. The number of nitrogens with zero attached hydrogens (tertiary/aromatic N) is 1. The second-order valence-electron chi connectivity index (χ2n) is 3.51.